The number of nitrogens with zero attached hydrogens (tertiary/aromatic N) is 4. The van der Waals surface area contributed by atoms with Gasteiger partial charge in [0.05, 0.1) is 0 Å². The standard InChI is InChI=1S/C22H20N4S/c1-16-9-11-19(12-10-16)26-21(20-8-3-4-13-23-20)24-25-22(26)27-15-18-7-5-6-17(2)14-18/h3-14H,15H2,1-2H3. The lowest BCUT2D eigenvalue weighted by Gasteiger charge is -2.10. The Morgan fingerprint density at radius 1 is 0.852 bits per heavy atom. The van der Waals surface area contributed by atoms with Gasteiger partial charge in [0.2, 0.25) is 0 Å². The quantitative estimate of drug-likeness (QED) is 0.450. The molecule has 0 saturated carbocycles. The van der Waals surface area contributed by atoms with E-state index in [1.165, 1.54) is 16.7 Å². The molecular formula is C22H20N4S. The van der Waals surface area contributed by atoms with Crippen molar-refractivity contribution in [1.29, 1.82) is 0 Å². The van der Waals surface area contributed by atoms with Gasteiger partial charge in [0.1, 0.15) is 5.69 Å². The maximum absolute atomic E-state index is 4.46. The summed E-state index contributed by atoms with van der Waals surface area (Å²) < 4.78 is 2.09. The topological polar surface area (TPSA) is 43.6 Å². The van der Waals surface area contributed by atoms with Gasteiger partial charge < -0.3 is 0 Å². The highest BCUT2D eigenvalue weighted by atomic mass is 32.2. The maximum Gasteiger partial charge on any atom is 0.196 e. The number of pyridine rings is 1. The fraction of sp³-hybridized carbons (Fsp3) is 0.136. The van der Waals surface area contributed by atoms with Crippen LogP contribution in [0.5, 0.6) is 0 Å². The molecular weight excluding hydrogens is 352 g/mol. The summed E-state index contributed by atoms with van der Waals surface area (Å²) in [5.41, 5.74) is 5.62. The number of rotatable bonds is 5. The molecule has 4 nitrogen and oxygen atoms in total. The average Bonchev–Trinajstić information content (AvgIpc) is 3.12. The monoisotopic (exact) mass is 372 g/mol. The summed E-state index contributed by atoms with van der Waals surface area (Å²) in [6, 6.07) is 22.8. The number of thioether (sulfide) groups is 1. The van der Waals surface area contributed by atoms with Crippen LogP contribution in [0.4, 0.5) is 0 Å². The van der Waals surface area contributed by atoms with E-state index >= 15 is 0 Å². The van der Waals surface area contributed by atoms with E-state index in [1.54, 1.807) is 18.0 Å². The minimum Gasteiger partial charge on any atom is -0.269 e. The van der Waals surface area contributed by atoms with E-state index in [-0.39, 0.29) is 0 Å². The first-order chi connectivity index (χ1) is 13.2. The van der Waals surface area contributed by atoms with Gasteiger partial charge in [-0.2, -0.15) is 0 Å². The van der Waals surface area contributed by atoms with Crippen molar-refractivity contribution in [2.24, 2.45) is 0 Å². The van der Waals surface area contributed by atoms with E-state index in [0.29, 0.717) is 0 Å². The highest BCUT2D eigenvalue weighted by Crippen LogP contribution is 2.29. The normalized spacial score (nSPS) is 10.9. The first-order valence-corrected chi connectivity index (χ1v) is 9.81. The Labute approximate surface area is 163 Å². The highest BCUT2D eigenvalue weighted by molar-refractivity contribution is 7.98. The number of hydrogen-bond donors (Lipinski definition) is 0. The Kier molecular flexibility index (Phi) is 5.03. The highest BCUT2D eigenvalue weighted by Gasteiger charge is 2.17. The molecule has 2 heterocycles. The van der Waals surface area contributed by atoms with Gasteiger partial charge in [-0.25, -0.2) is 0 Å². The minimum absolute atomic E-state index is 0.756. The van der Waals surface area contributed by atoms with Gasteiger partial charge in [-0.15, -0.1) is 10.2 Å². The van der Waals surface area contributed by atoms with Crippen LogP contribution in [-0.4, -0.2) is 19.7 Å². The SMILES string of the molecule is Cc1ccc(-n2c(SCc3cccc(C)c3)nnc2-c2ccccn2)cc1. The molecule has 5 heteroatoms. The van der Waals surface area contributed by atoms with Crippen molar-refractivity contribution in [3.8, 4) is 17.2 Å². The van der Waals surface area contributed by atoms with Crippen LogP contribution >= 0.6 is 11.8 Å². The molecule has 4 aromatic rings. The summed E-state index contributed by atoms with van der Waals surface area (Å²) in [5.74, 6) is 1.60. The predicted molar refractivity (Wildman–Crippen MR) is 110 cm³/mol. The second-order valence-electron chi connectivity index (χ2n) is 6.47. The van der Waals surface area contributed by atoms with E-state index < -0.39 is 0 Å². The van der Waals surface area contributed by atoms with Gasteiger partial charge >= 0.3 is 0 Å². The lowest BCUT2D eigenvalue weighted by Crippen LogP contribution is -2.00. The average molecular weight is 372 g/mol. The van der Waals surface area contributed by atoms with Crippen LogP contribution in [0.3, 0.4) is 0 Å². The van der Waals surface area contributed by atoms with Crippen molar-refractivity contribution >= 4 is 11.8 Å². The Morgan fingerprint density at radius 3 is 2.44 bits per heavy atom. The molecule has 2 aromatic heterocycles. The van der Waals surface area contributed by atoms with Gasteiger partial charge in [-0.1, -0.05) is 65.4 Å². The Morgan fingerprint density at radius 2 is 1.70 bits per heavy atom. The van der Waals surface area contributed by atoms with E-state index in [1.807, 2.05) is 18.2 Å². The third-order valence-corrected chi connectivity index (χ3v) is 5.27. The molecule has 0 atom stereocenters. The predicted octanol–water partition coefficient (Wildman–Crippen LogP) is 5.24. The van der Waals surface area contributed by atoms with Crippen LogP contribution < -0.4 is 0 Å². The van der Waals surface area contributed by atoms with Crippen LogP contribution in [-0.2, 0) is 5.75 Å². The lowest BCUT2D eigenvalue weighted by molar-refractivity contribution is 0.884. The van der Waals surface area contributed by atoms with Crippen LogP contribution in [0, 0.1) is 13.8 Å². The molecule has 27 heavy (non-hydrogen) atoms. The van der Waals surface area contributed by atoms with Crippen LogP contribution in [0.2, 0.25) is 0 Å². The summed E-state index contributed by atoms with van der Waals surface area (Å²) in [5, 5.41) is 9.77. The van der Waals surface area contributed by atoms with Gasteiger partial charge in [0, 0.05) is 17.6 Å². The first-order valence-electron chi connectivity index (χ1n) is 8.83. The van der Waals surface area contributed by atoms with E-state index in [4.69, 9.17) is 0 Å². The molecule has 134 valence electrons. The Hall–Kier alpha value is -2.92. The molecule has 0 fully saturated rings. The third kappa shape index (κ3) is 3.93. The van der Waals surface area contributed by atoms with Crippen LogP contribution in [0.25, 0.3) is 17.2 Å². The van der Waals surface area contributed by atoms with Gasteiger partial charge in [0.15, 0.2) is 11.0 Å². The minimum atomic E-state index is 0.756. The summed E-state index contributed by atoms with van der Waals surface area (Å²) in [6.45, 7) is 4.20. The van der Waals surface area contributed by atoms with E-state index in [9.17, 15) is 0 Å². The van der Waals surface area contributed by atoms with E-state index in [2.05, 4.69) is 82.1 Å². The molecule has 4 rings (SSSR count). The molecule has 0 spiro atoms. The molecule has 0 aliphatic rings. The number of hydrogen-bond acceptors (Lipinski definition) is 4. The van der Waals surface area contributed by atoms with Crippen molar-refractivity contribution in [1.82, 2.24) is 19.7 Å². The smallest absolute Gasteiger partial charge is 0.196 e. The molecule has 0 radical (unpaired) electrons. The molecule has 0 amide bonds. The van der Waals surface area contributed by atoms with Crippen molar-refractivity contribution in [3.63, 3.8) is 0 Å². The molecule has 0 N–H and O–H groups in total. The third-order valence-electron chi connectivity index (χ3n) is 4.27. The zero-order chi connectivity index (χ0) is 18.6. The fourth-order valence-electron chi connectivity index (χ4n) is 2.90. The van der Waals surface area contributed by atoms with Crippen molar-refractivity contribution in [3.05, 3.63) is 89.6 Å². The Bertz CT molecular complexity index is 1040. The fourth-order valence-corrected chi connectivity index (χ4v) is 3.80. The van der Waals surface area contributed by atoms with Gasteiger partial charge in [0.25, 0.3) is 0 Å². The molecule has 0 saturated heterocycles. The molecule has 0 unspecified atom stereocenters. The number of benzene rings is 2. The van der Waals surface area contributed by atoms with Crippen LogP contribution in [0.1, 0.15) is 16.7 Å². The number of aromatic nitrogens is 4. The van der Waals surface area contributed by atoms with Crippen molar-refractivity contribution in [2.45, 2.75) is 24.8 Å². The number of aryl methyl sites for hydroxylation is 2. The van der Waals surface area contributed by atoms with Gasteiger partial charge in [-0.3, -0.25) is 9.55 Å². The zero-order valence-electron chi connectivity index (χ0n) is 15.3. The summed E-state index contributed by atoms with van der Waals surface area (Å²) in [6.07, 6.45) is 1.78. The summed E-state index contributed by atoms with van der Waals surface area (Å²) >= 11 is 1.68. The maximum atomic E-state index is 4.46. The first kappa shape index (κ1) is 17.5. The Balaban J connectivity index is 1.73. The molecule has 2 aromatic carbocycles. The van der Waals surface area contributed by atoms with Crippen LogP contribution in [0.15, 0.2) is 78.1 Å². The second kappa shape index (κ2) is 7.76. The van der Waals surface area contributed by atoms with Gasteiger partial charge in [-0.05, 0) is 43.7 Å². The van der Waals surface area contributed by atoms with E-state index in [0.717, 1.165) is 28.1 Å². The molecule has 0 aliphatic carbocycles. The zero-order valence-corrected chi connectivity index (χ0v) is 16.1. The molecule has 0 bridgehead atoms. The second-order valence-corrected chi connectivity index (χ2v) is 7.41. The molecule has 0 aliphatic heterocycles. The summed E-state index contributed by atoms with van der Waals surface area (Å²) in [4.78, 5) is 4.46. The largest absolute Gasteiger partial charge is 0.269 e. The lowest BCUT2D eigenvalue weighted by atomic mass is 10.2. The van der Waals surface area contributed by atoms with Crippen molar-refractivity contribution < 1.29 is 0 Å². The summed E-state index contributed by atoms with van der Waals surface area (Å²) in [7, 11) is 0. The van der Waals surface area contributed by atoms with Crippen molar-refractivity contribution in [2.75, 3.05) is 0 Å².